The fourth-order valence-corrected chi connectivity index (χ4v) is 1.60. The standard InChI is InChI=1S/C11H19N3O/c1-8(2)6-7-9-4-3-5-10(9)13-14-11(12)15/h7-8H,3-6H2,1-2H3,(H3,12,14,15). The molecule has 1 saturated carbocycles. The first kappa shape index (κ1) is 11.8. The van der Waals surface area contributed by atoms with Gasteiger partial charge in [-0.15, -0.1) is 0 Å². The average Bonchev–Trinajstić information content (AvgIpc) is 2.58. The molecular weight excluding hydrogens is 190 g/mol. The highest BCUT2D eigenvalue weighted by Gasteiger charge is 2.15. The molecule has 0 bridgehead atoms. The van der Waals surface area contributed by atoms with Crippen LogP contribution in [0.5, 0.6) is 0 Å². The lowest BCUT2D eigenvalue weighted by Gasteiger charge is -2.02. The second-order valence-corrected chi connectivity index (χ2v) is 4.25. The van der Waals surface area contributed by atoms with Crippen molar-refractivity contribution in [3.63, 3.8) is 0 Å². The van der Waals surface area contributed by atoms with Crippen LogP contribution < -0.4 is 11.2 Å². The molecule has 0 aromatic carbocycles. The second-order valence-electron chi connectivity index (χ2n) is 4.25. The Morgan fingerprint density at radius 1 is 1.60 bits per heavy atom. The Bertz CT molecular complexity index is 292. The summed E-state index contributed by atoms with van der Waals surface area (Å²) in [5.41, 5.74) is 9.50. The maximum absolute atomic E-state index is 10.5. The molecule has 84 valence electrons. The summed E-state index contributed by atoms with van der Waals surface area (Å²) in [7, 11) is 0. The van der Waals surface area contributed by atoms with Gasteiger partial charge in [-0.1, -0.05) is 19.9 Å². The molecule has 0 spiro atoms. The number of nitrogens with one attached hydrogen (secondary N) is 1. The monoisotopic (exact) mass is 209 g/mol. The van der Waals surface area contributed by atoms with Crippen LogP contribution in [0.3, 0.4) is 0 Å². The van der Waals surface area contributed by atoms with E-state index in [1.165, 1.54) is 5.57 Å². The molecule has 0 aliphatic heterocycles. The number of carbonyl (C=O) groups excluding carboxylic acids is 1. The van der Waals surface area contributed by atoms with E-state index in [2.05, 4.69) is 30.5 Å². The van der Waals surface area contributed by atoms with Gasteiger partial charge in [-0.3, -0.25) is 0 Å². The highest BCUT2D eigenvalue weighted by atomic mass is 16.2. The van der Waals surface area contributed by atoms with Crippen LogP contribution in [-0.2, 0) is 0 Å². The van der Waals surface area contributed by atoms with Crippen molar-refractivity contribution in [1.82, 2.24) is 5.43 Å². The summed E-state index contributed by atoms with van der Waals surface area (Å²) in [6.45, 7) is 4.37. The number of primary amides is 1. The summed E-state index contributed by atoms with van der Waals surface area (Å²) in [6.07, 6.45) is 6.39. The van der Waals surface area contributed by atoms with Gasteiger partial charge in [0.2, 0.25) is 0 Å². The van der Waals surface area contributed by atoms with Crippen LogP contribution in [0.2, 0.25) is 0 Å². The number of hydrazone groups is 1. The molecule has 0 heterocycles. The van der Waals surface area contributed by atoms with Gasteiger partial charge in [0.1, 0.15) is 0 Å². The number of amides is 2. The molecule has 3 N–H and O–H groups in total. The number of carbonyl (C=O) groups is 1. The highest BCUT2D eigenvalue weighted by molar-refractivity contribution is 6.02. The van der Waals surface area contributed by atoms with Gasteiger partial charge in [0.25, 0.3) is 0 Å². The topological polar surface area (TPSA) is 67.5 Å². The lowest BCUT2D eigenvalue weighted by molar-refractivity contribution is 0.249. The zero-order valence-electron chi connectivity index (χ0n) is 9.42. The van der Waals surface area contributed by atoms with E-state index in [1.807, 2.05) is 0 Å². The molecule has 1 fully saturated rings. The van der Waals surface area contributed by atoms with Gasteiger partial charge >= 0.3 is 6.03 Å². The minimum Gasteiger partial charge on any atom is -0.350 e. The highest BCUT2D eigenvalue weighted by Crippen LogP contribution is 2.22. The normalized spacial score (nSPS) is 21.5. The maximum atomic E-state index is 10.5. The van der Waals surface area contributed by atoms with Gasteiger partial charge in [-0.05, 0) is 37.2 Å². The molecule has 0 radical (unpaired) electrons. The van der Waals surface area contributed by atoms with Crippen LogP contribution in [0, 0.1) is 5.92 Å². The van der Waals surface area contributed by atoms with Crippen molar-refractivity contribution in [3.8, 4) is 0 Å². The molecule has 15 heavy (non-hydrogen) atoms. The Kier molecular flexibility index (Phi) is 4.34. The van der Waals surface area contributed by atoms with Crippen molar-refractivity contribution in [2.75, 3.05) is 0 Å². The van der Waals surface area contributed by atoms with Gasteiger partial charge in [0.15, 0.2) is 0 Å². The molecule has 0 unspecified atom stereocenters. The first-order chi connectivity index (χ1) is 7.09. The van der Waals surface area contributed by atoms with E-state index in [1.54, 1.807) is 0 Å². The number of nitrogens with zero attached hydrogens (tertiary/aromatic N) is 1. The number of rotatable bonds is 3. The van der Waals surface area contributed by atoms with Gasteiger partial charge < -0.3 is 5.73 Å². The Balaban J connectivity index is 2.60. The van der Waals surface area contributed by atoms with E-state index in [-0.39, 0.29) is 0 Å². The van der Waals surface area contributed by atoms with E-state index in [0.29, 0.717) is 5.92 Å². The minimum atomic E-state index is -0.599. The predicted octanol–water partition coefficient (Wildman–Crippen LogP) is 2.17. The summed E-state index contributed by atoms with van der Waals surface area (Å²) in [5, 5.41) is 4.01. The zero-order chi connectivity index (χ0) is 11.3. The van der Waals surface area contributed by atoms with Gasteiger partial charge in [0, 0.05) is 0 Å². The molecule has 4 heteroatoms. The molecule has 0 saturated heterocycles. The third kappa shape index (κ3) is 4.14. The van der Waals surface area contributed by atoms with Crippen LogP contribution in [0.4, 0.5) is 4.79 Å². The molecular formula is C11H19N3O. The van der Waals surface area contributed by atoms with E-state index in [4.69, 9.17) is 5.73 Å². The van der Waals surface area contributed by atoms with Crippen molar-refractivity contribution in [3.05, 3.63) is 11.6 Å². The molecule has 1 rings (SSSR count). The van der Waals surface area contributed by atoms with E-state index in [9.17, 15) is 4.79 Å². The number of allylic oxidation sites excluding steroid dienone is 2. The Morgan fingerprint density at radius 2 is 2.33 bits per heavy atom. The number of hydrogen-bond donors (Lipinski definition) is 2. The number of hydrogen-bond acceptors (Lipinski definition) is 2. The fourth-order valence-electron chi connectivity index (χ4n) is 1.60. The number of nitrogens with two attached hydrogens (primary N) is 1. The lowest BCUT2D eigenvalue weighted by Crippen LogP contribution is -2.25. The molecule has 1 aliphatic carbocycles. The van der Waals surface area contributed by atoms with Crippen molar-refractivity contribution < 1.29 is 4.79 Å². The SMILES string of the molecule is CC(C)CC=C1CCCC1=NNC(N)=O. The zero-order valence-corrected chi connectivity index (χ0v) is 9.42. The van der Waals surface area contributed by atoms with E-state index in [0.717, 1.165) is 31.4 Å². The van der Waals surface area contributed by atoms with Crippen LogP contribution in [-0.4, -0.2) is 11.7 Å². The molecule has 0 aromatic heterocycles. The molecule has 0 aromatic rings. The summed E-state index contributed by atoms with van der Waals surface area (Å²) in [4.78, 5) is 10.5. The summed E-state index contributed by atoms with van der Waals surface area (Å²) < 4.78 is 0. The molecule has 4 nitrogen and oxygen atoms in total. The largest absolute Gasteiger partial charge is 0.350 e. The van der Waals surface area contributed by atoms with Crippen molar-refractivity contribution >= 4 is 11.7 Å². The summed E-state index contributed by atoms with van der Waals surface area (Å²) in [6, 6.07) is -0.599. The maximum Gasteiger partial charge on any atom is 0.332 e. The van der Waals surface area contributed by atoms with Crippen LogP contribution in [0.25, 0.3) is 0 Å². The summed E-state index contributed by atoms with van der Waals surface area (Å²) in [5.74, 6) is 0.656. The average molecular weight is 209 g/mol. The molecule has 1 aliphatic rings. The van der Waals surface area contributed by atoms with Gasteiger partial charge in [0.05, 0.1) is 5.71 Å². The fraction of sp³-hybridized carbons (Fsp3) is 0.636. The first-order valence-corrected chi connectivity index (χ1v) is 5.41. The van der Waals surface area contributed by atoms with Gasteiger partial charge in [-0.2, -0.15) is 5.10 Å². The summed E-state index contributed by atoms with van der Waals surface area (Å²) >= 11 is 0. The van der Waals surface area contributed by atoms with E-state index >= 15 is 0 Å². The van der Waals surface area contributed by atoms with Crippen LogP contribution in [0.1, 0.15) is 39.5 Å². The quantitative estimate of drug-likeness (QED) is 0.687. The Morgan fingerprint density at radius 3 is 2.93 bits per heavy atom. The van der Waals surface area contributed by atoms with Crippen LogP contribution >= 0.6 is 0 Å². The molecule has 2 amide bonds. The third-order valence-electron chi connectivity index (χ3n) is 2.37. The van der Waals surface area contributed by atoms with E-state index < -0.39 is 6.03 Å². The van der Waals surface area contributed by atoms with Gasteiger partial charge in [-0.25, -0.2) is 10.2 Å². The van der Waals surface area contributed by atoms with Crippen molar-refractivity contribution in [1.29, 1.82) is 0 Å². The number of urea groups is 1. The minimum absolute atomic E-state index is 0.599. The predicted molar refractivity (Wildman–Crippen MR) is 61.5 cm³/mol. The third-order valence-corrected chi connectivity index (χ3v) is 2.37. The first-order valence-electron chi connectivity index (χ1n) is 5.41. The Hall–Kier alpha value is -1.32. The van der Waals surface area contributed by atoms with Crippen LogP contribution in [0.15, 0.2) is 16.8 Å². The smallest absolute Gasteiger partial charge is 0.332 e. The molecule has 0 atom stereocenters. The lowest BCUT2D eigenvalue weighted by atomic mass is 10.1. The van der Waals surface area contributed by atoms with Crippen molar-refractivity contribution in [2.24, 2.45) is 16.8 Å². The van der Waals surface area contributed by atoms with Crippen molar-refractivity contribution in [2.45, 2.75) is 39.5 Å². The Labute approximate surface area is 90.6 Å². The second kappa shape index (κ2) is 5.53.